The molecule has 1 aromatic rings. The van der Waals surface area contributed by atoms with Crippen LogP contribution < -0.4 is 10.1 Å². The Balaban J connectivity index is 1.71. The van der Waals surface area contributed by atoms with Crippen LogP contribution in [0.15, 0.2) is 30.9 Å². The zero-order chi connectivity index (χ0) is 19.4. The van der Waals surface area contributed by atoms with E-state index in [-0.39, 0.29) is 24.3 Å². The van der Waals surface area contributed by atoms with Crippen molar-refractivity contribution in [3.8, 4) is 5.75 Å². The van der Waals surface area contributed by atoms with Crippen LogP contribution in [-0.4, -0.2) is 55.0 Å². The van der Waals surface area contributed by atoms with Crippen LogP contribution >= 0.6 is 0 Å². The summed E-state index contributed by atoms with van der Waals surface area (Å²) < 4.78 is 19.3. The molecule has 2 aliphatic rings. The minimum atomic E-state index is -0.556. The molecular weight excluding hydrogens is 349 g/mol. The molecule has 0 saturated carbocycles. The molecule has 1 N–H and O–H groups in total. The Morgan fingerprint density at radius 3 is 2.96 bits per heavy atom. The molecule has 2 heterocycles. The zero-order valence-electron chi connectivity index (χ0n) is 15.7. The summed E-state index contributed by atoms with van der Waals surface area (Å²) in [5, 5.41) is 2.76. The Morgan fingerprint density at radius 1 is 1.41 bits per heavy atom. The highest BCUT2D eigenvalue weighted by molar-refractivity contribution is 5.86. The van der Waals surface area contributed by atoms with Gasteiger partial charge < -0.3 is 19.9 Å². The Morgan fingerprint density at radius 2 is 2.22 bits per heavy atom. The number of carbonyl (C=O) groups excluding carboxylic acids is 2. The van der Waals surface area contributed by atoms with Crippen molar-refractivity contribution in [3.05, 3.63) is 42.2 Å². The number of carbonyl (C=O) groups is 2. The van der Waals surface area contributed by atoms with Gasteiger partial charge in [-0.2, -0.15) is 0 Å². The van der Waals surface area contributed by atoms with Gasteiger partial charge in [0.2, 0.25) is 5.91 Å². The predicted molar refractivity (Wildman–Crippen MR) is 99.8 cm³/mol. The van der Waals surface area contributed by atoms with E-state index in [4.69, 9.17) is 4.74 Å². The second kappa shape index (κ2) is 7.98. The van der Waals surface area contributed by atoms with Crippen molar-refractivity contribution in [1.29, 1.82) is 0 Å². The lowest BCUT2D eigenvalue weighted by atomic mass is 9.78. The Kier molecular flexibility index (Phi) is 5.68. The van der Waals surface area contributed by atoms with Crippen LogP contribution in [0.2, 0.25) is 0 Å². The van der Waals surface area contributed by atoms with E-state index < -0.39 is 5.41 Å². The minimum absolute atomic E-state index is 0.00925. The van der Waals surface area contributed by atoms with Crippen molar-refractivity contribution < 1.29 is 18.7 Å². The molecule has 0 aromatic heterocycles. The van der Waals surface area contributed by atoms with Crippen molar-refractivity contribution in [3.63, 3.8) is 0 Å². The average molecular weight is 375 g/mol. The molecule has 2 fully saturated rings. The maximum atomic E-state index is 14.2. The van der Waals surface area contributed by atoms with Crippen molar-refractivity contribution in [2.45, 2.75) is 25.8 Å². The number of hydrogen-bond acceptors (Lipinski definition) is 3. The fourth-order valence-electron chi connectivity index (χ4n) is 4.00. The second-order valence-electron chi connectivity index (χ2n) is 7.21. The van der Waals surface area contributed by atoms with E-state index in [0.29, 0.717) is 43.9 Å². The molecular formula is C20H26FN3O3. The molecule has 27 heavy (non-hydrogen) atoms. The van der Waals surface area contributed by atoms with Crippen LogP contribution in [0.3, 0.4) is 0 Å². The van der Waals surface area contributed by atoms with Crippen molar-refractivity contribution >= 4 is 11.9 Å². The van der Waals surface area contributed by atoms with E-state index in [1.165, 1.54) is 13.2 Å². The van der Waals surface area contributed by atoms with Gasteiger partial charge in [0.15, 0.2) is 0 Å². The molecule has 1 spiro atoms. The third-order valence-electron chi connectivity index (χ3n) is 5.48. The maximum absolute atomic E-state index is 14.2. The minimum Gasteiger partial charge on any atom is -0.497 e. The lowest BCUT2D eigenvalue weighted by Crippen LogP contribution is -2.50. The smallest absolute Gasteiger partial charge is 0.317 e. The summed E-state index contributed by atoms with van der Waals surface area (Å²) in [5.41, 5.74) is -0.114. The van der Waals surface area contributed by atoms with Gasteiger partial charge in [-0.3, -0.25) is 4.79 Å². The van der Waals surface area contributed by atoms with E-state index in [1.54, 1.807) is 28.0 Å². The quantitative estimate of drug-likeness (QED) is 0.805. The molecule has 2 aliphatic heterocycles. The molecule has 146 valence electrons. The monoisotopic (exact) mass is 375 g/mol. The molecule has 1 atom stereocenters. The SMILES string of the molecule is C=CCNC(=O)N1CC[C@@]2(CCCN(Cc3cc(OC)ccc3F)C2=O)C1. The van der Waals surface area contributed by atoms with Crippen molar-refractivity contribution in [2.24, 2.45) is 5.41 Å². The number of methoxy groups -OCH3 is 1. The highest BCUT2D eigenvalue weighted by Gasteiger charge is 2.49. The van der Waals surface area contributed by atoms with Crippen LogP contribution in [-0.2, 0) is 11.3 Å². The first-order chi connectivity index (χ1) is 13.0. The molecule has 0 bridgehead atoms. The largest absolute Gasteiger partial charge is 0.497 e. The highest BCUT2D eigenvalue weighted by atomic mass is 19.1. The van der Waals surface area contributed by atoms with E-state index in [9.17, 15) is 14.0 Å². The number of nitrogens with one attached hydrogen (secondary N) is 1. The summed E-state index contributed by atoms with van der Waals surface area (Å²) >= 11 is 0. The number of likely N-dealkylation sites (tertiary alicyclic amines) is 2. The topological polar surface area (TPSA) is 61.9 Å². The molecule has 0 unspecified atom stereocenters. The fourth-order valence-corrected chi connectivity index (χ4v) is 4.00. The average Bonchev–Trinajstić information content (AvgIpc) is 3.10. The first-order valence-electron chi connectivity index (χ1n) is 9.24. The Bertz CT molecular complexity index is 739. The summed E-state index contributed by atoms with van der Waals surface area (Å²) in [4.78, 5) is 28.8. The number of ether oxygens (including phenoxy) is 1. The number of urea groups is 1. The predicted octanol–water partition coefficient (Wildman–Crippen LogP) is 2.54. The molecule has 7 heteroatoms. The van der Waals surface area contributed by atoms with Crippen molar-refractivity contribution in [1.82, 2.24) is 15.1 Å². The maximum Gasteiger partial charge on any atom is 0.317 e. The Hall–Kier alpha value is -2.57. The van der Waals surface area contributed by atoms with Gasteiger partial charge >= 0.3 is 6.03 Å². The molecule has 3 amide bonds. The van der Waals surface area contributed by atoms with Crippen LogP contribution in [0.25, 0.3) is 0 Å². The van der Waals surface area contributed by atoms with Gasteiger partial charge in [-0.1, -0.05) is 6.08 Å². The van der Waals surface area contributed by atoms with Gasteiger partial charge in [0.05, 0.1) is 12.5 Å². The standard InChI is InChI=1S/C20H26FN3O3/c1-3-9-22-19(26)24-11-8-20(14-24)7-4-10-23(18(20)25)13-15-12-16(27-2)5-6-17(15)21/h3,5-6,12H,1,4,7-11,13-14H2,2H3,(H,22,26)/t20-/m0/s1. The van der Waals surface area contributed by atoms with Crippen LogP contribution in [0.4, 0.5) is 9.18 Å². The first kappa shape index (κ1) is 19.2. The third kappa shape index (κ3) is 3.91. The van der Waals surface area contributed by atoms with Gasteiger partial charge in [0, 0.05) is 38.3 Å². The number of nitrogens with zero attached hydrogens (tertiary/aromatic N) is 2. The van der Waals surface area contributed by atoms with E-state index in [1.807, 2.05) is 0 Å². The number of amides is 3. The Labute approximate surface area is 159 Å². The molecule has 3 rings (SSSR count). The normalized spacial score (nSPS) is 22.2. The van der Waals surface area contributed by atoms with E-state index in [2.05, 4.69) is 11.9 Å². The van der Waals surface area contributed by atoms with E-state index in [0.717, 1.165) is 12.8 Å². The number of hydrogen-bond donors (Lipinski definition) is 1. The summed E-state index contributed by atoms with van der Waals surface area (Å²) in [6.45, 7) is 5.76. The lowest BCUT2D eigenvalue weighted by Gasteiger charge is -2.39. The molecule has 1 aromatic carbocycles. The van der Waals surface area contributed by atoms with Crippen LogP contribution in [0, 0.1) is 11.2 Å². The van der Waals surface area contributed by atoms with Gasteiger partial charge in [-0.15, -0.1) is 6.58 Å². The van der Waals surface area contributed by atoms with Crippen molar-refractivity contribution in [2.75, 3.05) is 33.3 Å². The number of benzene rings is 1. The molecule has 2 saturated heterocycles. The summed E-state index contributed by atoms with van der Waals surface area (Å²) in [6, 6.07) is 4.39. The number of halogens is 1. The third-order valence-corrected chi connectivity index (χ3v) is 5.48. The number of rotatable bonds is 5. The van der Waals surface area contributed by atoms with Gasteiger partial charge in [0.25, 0.3) is 0 Å². The fraction of sp³-hybridized carbons (Fsp3) is 0.500. The summed E-state index contributed by atoms with van der Waals surface area (Å²) in [5.74, 6) is 0.228. The molecule has 0 radical (unpaired) electrons. The van der Waals surface area contributed by atoms with Crippen LogP contribution in [0.1, 0.15) is 24.8 Å². The molecule has 6 nitrogen and oxygen atoms in total. The summed E-state index contributed by atoms with van der Waals surface area (Å²) in [7, 11) is 1.53. The van der Waals surface area contributed by atoms with Crippen LogP contribution in [0.5, 0.6) is 5.75 Å². The molecule has 0 aliphatic carbocycles. The lowest BCUT2D eigenvalue weighted by molar-refractivity contribution is -0.146. The van der Waals surface area contributed by atoms with Gasteiger partial charge in [-0.25, -0.2) is 9.18 Å². The van der Waals surface area contributed by atoms with Gasteiger partial charge in [-0.05, 0) is 37.5 Å². The van der Waals surface area contributed by atoms with Gasteiger partial charge in [0.1, 0.15) is 11.6 Å². The summed E-state index contributed by atoms with van der Waals surface area (Å²) in [6.07, 6.45) is 3.87. The number of piperidine rings is 1. The first-order valence-corrected chi connectivity index (χ1v) is 9.24. The van der Waals surface area contributed by atoms with E-state index >= 15 is 0 Å². The zero-order valence-corrected chi connectivity index (χ0v) is 15.7. The highest BCUT2D eigenvalue weighted by Crippen LogP contribution is 2.40. The second-order valence-corrected chi connectivity index (χ2v) is 7.21.